The number of likely N-dealkylation sites (tertiary alicyclic amines) is 1. The minimum absolute atomic E-state index is 0.0142. The van der Waals surface area contributed by atoms with Crippen LogP contribution in [0, 0.1) is 0 Å². The highest BCUT2D eigenvalue weighted by molar-refractivity contribution is 7.99. The van der Waals surface area contributed by atoms with Gasteiger partial charge in [0.15, 0.2) is 6.29 Å². The van der Waals surface area contributed by atoms with E-state index >= 15 is 0 Å². The summed E-state index contributed by atoms with van der Waals surface area (Å²) in [6, 6.07) is 0. The summed E-state index contributed by atoms with van der Waals surface area (Å²) in [4.78, 5) is 2.40. The maximum atomic E-state index is 5.54. The zero-order valence-electron chi connectivity index (χ0n) is 10.8. The van der Waals surface area contributed by atoms with Crippen molar-refractivity contribution in [2.45, 2.75) is 38.2 Å². The van der Waals surface area contributed by atoms with Crippen molar-refractivity contribution in [3.8, 4) is 0 Å². The highest BCUT2D eigenvalue weighted by atomic mass is 32.2. The minimum Gasteiger partial charge on any atom is -0.352 e. The van der Waals surface area contributed by atoms with E-state index < -0.39 is 0 Å². The first-order valence-electron chi connectivity index (χ1n) is 6.29. The van der Waals surface area contributed by atoms with Gasteiger partial charge in [0.1, 0.15) is 0 Å². The fourth-order valence-corrected chi connectivity index (χ4v) is 3.05. The normalized spacial score (nSPS) is 19.5. The van der Waals surface area contributed by atoms with Gasteiger partial charge in [0.2, 0.25) is 0 Å². The first-order valence-corrected chi connectivity index (χ1v) is 7.34. The standard InChI is InChI=1S/C12H25NO2S/c1-4-14-12(15-5-2)10-16-11-6-8-13(3)9-7-11/h11-12H,4-10H2,1-3H3. The van der Waals surface area contributed by atoms with Crippen LogP contribution in [-0.2, 0) is 9.47 Å². The highest BCUT2D eigenvalue weighted by Crippen LogP contribution is 2.24. The summed E-state index contributed by atoms with van der Waals surface area (Å²) in [5, 5.41) is 0.791. The molecule has 4 heteroatoms. The van der Waals surface area contributed by atoms with Gasteiger partial charge in [-0.2, -0.15) is 11.8 Å². The number of ether oxygens (including phenoxy) is 2. The van der Waals surface area contributed by atoms with E-state index in [9.17, 15) is 0 Å². The molecule has 0 aliphatic carbocycles. The van der Waals surface area contributed by atoms with Crippen molar-refractivity contribution in [2.24, 2.45) is 0 Å². The Morgan fingerprint density at radius 3 is 2.25 bits per heavy atom. The molecule has 0 N–H and O–H groups in total. The van der Waals surface area contributed by atoms with Gasteiger partial charge >= 0.3 is 0 Å². The minimum atomic E-state index is -0.0142. The molecule has 1 aliphatic rings. The number of nitrogens with zero attached hydrogens (tertiary/aromatic N) is 1. The predicted molar refractivity (Wildman–Crippen MR) is 70.0 cm³/mol. The van der Waals surface area contributed by atoms with Crippen molar-refractivity contribution in [3.05, 3.63) is 0 Å². The lowest BCUT2D eigenvalue weighted by molar-refractivity contribution is -0.120. The molecule has 0 amide bonds. The summed E-state index contributed by atoms with van der Waals surface area (Å²) in [5.41, 5.74) is 0. The molecule has 0 unspecified atom stereocenters. The van der Waals surface area contributed by atoms with Crippen LogP contribution in [0.4, 0.5) is 0 Å². The lowest BCUT2D eigenvalue weighted by Crippen LogP contribution is -2.32. The average Bonchev–Trinajstić information content (AvgIpc) is 2.29. The Labute approximate surface area is 104 Å². The molecule has 0 aromatic heterocycles. The third kappa shape index (κ3) is 5.53. The van der Waals surface area contributed by atoms with Crippen LogP contribution in [0.5, 0.6) is 0 Å². The van der Waals surface area contributed by atoms with E-state index in [1.807, 2.05) is 25.6 Å². The molecule has 0 atom stereocenters. The van der Waals surface area contributed by atoms with Gasteiger partial charge in [-0.15, -0.1) is 0 Å². The Bertz CT molecular complexity index is 166. The van der Waals surface area contributed by atoms with E-state index in [0.717, 1.165) is 24.2 Å². The molecule has 1 rings (SSSR count). The molecule has 0 radical (unpaired) electrons. The zero-order chi connectivity index (χ0) is 11.8. The van der Waals surface area contributed by atoms with Crippen LogP contribution >= 0.6 is 11.8 Å². The number of rotatable bonds is 7. The fraction of sp³-hybridized carbons (Fsp3) is 1.00. The molecule has 3 nitrogen and oxygen atoms in total. The summed E-state index contributed by atoms with van der Waals surface area (Å²) in [6.45, 7) is 7.97. The quantitative estimate of drug-likeness (QED) is 0.643. The summed E-state index contributed by atoms with van der Waals surface area (Å²) in [7, 11) is 2.20. The Hall–Kier alpha value is 0.230. The number of piperidine rings is 1. The van der Waals surface area contributed by atoms with Crippen molar-refractivity contribution in [1.82, 2.24) is 4.90 Å². The molecule has 0 bridgehead atoms. The summed E-state index contributed by atoms with van der Waals surface area (Å²) in [6.07, 6.45) is 2.58. The molecule has 16 heavy (non-hydrogen) atoms. The second kappa shape index (κ2) is 8.34. The van der Waals surface area contributed by atoms with E-state index in [2.05, 4.69) is 11.9 Å². The lowest BCUT2D eigenvalue weighted by Gasteiger charge is -2.29. The molecular weight excluding hydrogens is 222 g/mol. The monoisotopic (exact) mass is 247 g/mol. The molecule has 96 valence electrons. The van der Waals surface area contributed by atoms with Gasteiger partial charge in [-0.3, -0.25) is 0 Å². The first kappa shape index (κ1) is 14.3. The molecule has 1 aliphatic heterocycles. The van der Waals surface area contributed by atoms with Gasteiger partial charge in [0.05, 0.1) is 0 Å². The maximum absolute atomic E-state index is 5.54. The van der Waals surface area contributed by atoms with E-state index in [1.54, 1.807) is 0 Å². The van der Waals surface area contributed by atoms with Crippen molar-refractivity contribution < 1.29 is 9.47 Å². The van der Waals surface area contributed by atoms with Gasteiger partial charge in [0, 0.05) is 24.2 Å². The molecule has 1 fully saturated rings. The second-order valence-electron chi connectivity index (χ2n) is 4.18. The van der Waals surface area contributed by atoms with Gasteiger partial charge < -0.3 is 14.4 Å². The maximum Gasteiger partial charge on any atom is 0.166 e. The van der Waals surface area contributed by atoms with Crippen molar-refractivity contribution in [3.63, 3.8) is 0 Å². The molecule has 1 heterocycles. The van der Waals surface area contributed by atoms with Crippen LogP contribution in [0.3, 0.4) is 0 Å². The summed E-state index contributed by atoms with van der Waals surface area (Å²) in [5.74, 6) is 0.968. The van der Waals surface area contributed by atoms with Crippen LogP contribution in [-0.4, -0.2) is 55.5 Å². The lowest BCUT2D eigenvalue weighted by atomic mass is 10.1. The van der Waals surface area contributed by atoms with Gasteiger partial charge in [-0.25, -0.2) is 0 Å². The highest BCUT2D eigenvalue weighted by Gasteiger charge is 2.19. The van der Waals surface area contributed by atoms with Gasteiger partial charge in [-0.05, 0) is 46.8 Å². The fourth-order valence-electron chi connectivity index (χ4n) is 1.88. The number of thioether (sulfide) groups is 1. The van der Waals surface area contributed by atoms with Crippen LogP contribution in [0.15, 0.2) is 0 Å². The Morgan fingerprint density at radius 1 is 1.19 bits per heavy atom. The molecule has 0 aromatic carbocycles. The third-order valence-electron chi connectivity index (χ3n) is 2.84. The van der Waals surface area contributed by atoms with Crippen molar-refractivity contribution in [1.29, 1.82) is 0 Å². The largest absolute Gasteiger partial charge is 0.352 e. The molecule has 0 aromatic rings. The van der Waals surface area contributed by atoms with Gasteiger partial charge in [-0.1, -0.05) is 0 Å². The van der Waals surface area contributed by atoms with Crippen LogP contribution in [0.25, 0.3) is 0 Å². The summed E-state index contributed by atoms with van der Waals surface area (Å²) >= 11 is 2.01. The Kier molecular flexibility index (Phi) is 7.45. The average molecular weight is 247 g/mol. The topological polar surface area (TPSA) is 21.7 Å². The predicted octanol–water partition coefficient (Wildman–Crippen LogP) is 2.21. The SMILES string of the molecule is CCOC(CSC1CCN(C)CC1)OCC. The zero-order valence-corrected chi connectivity index (χ0v) is 11.6. The van der Waals surface area contributed by atoms with E-state index in [-0.39, 0.29) is 6.29 Å². The van der Waals surface area contributed by atoms with E-state index in [4.69, 9.17) is 9.47 Å². The molecular formula is C12H25NO2S. The molecule has 1 saturated heterocycles. The van der Waals surface area contributed by atoms with Crippen LogP contribution in [0.1, 0.15) is 26.7 Å². The van der Waals surface area contributed by atoms with Gasteiger partial charge in [0.25, 0.3) is 0 Å². The van der Waals surface area contributed by atoms with Crippen molar-refractivity contribution in [2.75, 3.05) is 39.1 Å². The first-order chi connectivity index (χ1) is 7.76. The number of hydrogen-bond acceptors (Lipinski definition) is 4. The number of hydrogen-bond donors (Lipinski definition) is 0. The third-order valence-corrected chi connectivity index (χ3v) is 4.25. The molecule has 0 saturated carbocycles. The Morgan fingerprint density at radius 2 is 1.75 bits per heavy atom. The van der Waals surface area contributed by atoms with Crippen LogP contribution in [0.2, 0.25) is 0 Å². The summed E-state index contributed by atoms with van der Waals surface area (Å²) < 4.78 is 11.1. The molecule has 0 spiro atoms. The van der Waals surface area contributed by atoms with Crippen LogP contribution < -0.4 is 0 Å². The second-order valence-corrected chi connectivity index (χ2v) is 5.51. The Balaban J connectivity index is 2.15. The smallest absolute Gasteiger partial charge is 0.166 e. The van der Waals surface area contributed by atoms with E-state index in [1.165, 1.54) is 25.9 Å². The van der Waals surface area contributed by atoms with Crippen molar-refractivity contribution >= 4 is 11.8 Å². The van der Waals surface area contributed by atoms with E-state index in [0.29, 0.717) is 0 Å².